The molecule has 0 atom stereocenters. The van der Waals surface area contributed by atoms with Crippen molar-refractivity contribution in [1.29, 1.82) is 0 Å². The second kappa shape index (κ2) is 7.82. The molecular formula is C26H22N2O3S. The first kappa shape index (κ1) is 20.3. The van der Waals surface area contributed by atoms with Gasteiger partial charge < -0.3 is 10.8 Å². The van der Waals surface area contributed by atoms with E-state index in [1.807, 2.05) is 36.4 Å². The number of fused-ring (bicyclic) bond motifs is 2. The van der Waals surface area contributed by atoms with Gasteiger partial charge in [0.15, 0.2) is 0 Å². The summed E-state index contributed by atoms with van der Waals surface area (Å²) in [6.07, 6.45) is 2.26. The lowest BCUT2D eigenvalue weighted by Gasteiger charge is -2.09. The lowest BCUT2D eigenvalue weighted by molar-refractivity contribution is 0.476. The molecule has 5 rings (SSSR count). The number of nitrogens with two attached hydrogens (primary N) is 1. The van der Waals surface area contributed by atoms with Crippen LogP contribution in [0.2, 0.25) is 0 Å². The summed E-state index contributed by atoms with van der Waals surface area (Å²) >= 11 is 0. The van der Waals surface area contributed by atoms with Crippen LogP contribution in [0, 0.1) is 0 Å². The molecule has 4 aromatic carbocycles. The third-order valence-electron chi connectivity index (χ3n) is 5.72. The summed E-state index contributed by atoms with van der Waals surface area (Å²) in [4.78, 5) is 0.248. The highest BCUT2D eigenvalue weighted by molar-refractivity contribution is 7.90. The quantitative estimate of drug-likeness (QED) is 0.405. The molecule has 160 valence electrons. The molecule has 5 aromatic rings. The van der Waals surface area contributed by atoms with Gasteiger partial charge in [-0.05, 0) is 82.9 Å². The Labute approximate surface area is 186 Å². The molecule has 0 aliphatic rings. The van der Waals surface area contributed by atoms with Gasteiger partial charge in [-0.2, -0.15) is 0 Å². The molecule has 0 amide bonds. The molecule has 0 aliphatic carbocycles. The number of phenols is 1. The number of aromatic nitrogens is 1. The number of hydrogen-bond donors (Lipinski definition) is 2. The molecule has 0 bridgehead atoms. The number of hydrogen-bond acceptors (Lipinski definition) is 4. The van der Waals surface area contributed by atoms with Crippen molar-refractivity contribution in [1.82, 2.24) is 3.97 Å². The van der Waals surface area contributed by atoms with Crippen LogP contribution in [0.25, 0.3) is 32.8 Å². The topological polar surface area (TPSA) is 85.3 Å². The standard InChI is InChI=1S/C26H22N2O3S/c27-13-12-22-17-28(32(30,31)24-4-2-1-3-5-24)26-11-9-21(16-25(22)26)18-6-7-20-15-23(29)10-8-19(20)14-18/h1-11,14-17,29H,12-13,27H2. The summed E-state index contributed by atoms with van der Waals surface area (Å²) in [5, 5.41) is 12.6. The van der Waals surface area contributed by atoms with Gasteiger partial charge >= 0.3 is 0 Å². The molecular weight excluding hydrogens is 420 g/mol. The maximum Gasteiger partial charge on any atom is 0.268 e. The third kappa shape index (κ3) is 3.43. The number of benzene rings is 4. The molecule has 5 nitrogen and oxygen atoms in total. The Morgan fingerprint density at radius 2 is 1.50 bits per heavy atom. The van der Waals surface area contributed by atoms with Crippen LogP contribution in [0.1, 0.15) is 5.56 Å². The van der Waals surface area contributed by atoms with Crippen molar-refractivity contribution < 1.29 is 13.5 Å². The van der Waals surface area contributed by atoms with Crippen molar-refractivity contribution >= 4 is 31.7 Å². The van der Waals surface area contributed by atoms with E-state index in [-0.39, 0.29) is 10.6 Å². The summed E-state index contributed by atoms with van der Waals surface area (Å²) in [5.74, 6) is 0.235. The van der Waals surface area contributed by atoms with Gasteiger partial charge in [0, 0.05) is 11.6 Å². The lowest BCUT2D eigenvalue weighted by Crippen LogP contribution is -2.11. The molecule has 0 spiro atoms. The van der Waals surface area contributed by atoms with Crippen molar-refractivity contribution in [2.24, 2.45) is 5.73 Å². The van der Waals surface area contributed by atoms with Crippen molar-refractivity contribution in [3.8, 4) is 16.9 Å². The third-order valence-corrected chi connectivity index (χ3v) is 7.41. The van der Waals surface area contributed by atoms with Crippen molar-refractivity contribution in [2.75, 3.05) is 6.54 Å². The minimum absolute atomic E-state index is 0.235. The maximum atomic E-state index is 13.3. The number of aromatic hydroxyl groups is 1. The average molecular weight is 443 g/mol. The van der Waals surface area contributed by atoms with Crippen molar-refractivity contribution in [3.05, 3.63) is 96.7 Å². The summed E-state index contributed by atoms with van der Waals surface area (Å²) in [6.45, 7) is 0.425. The molecule has 0 saturated carbocycles. The molecule has 0 fully saturated rings. The molecule has 0 unspecified atom stereocenters. The molecule has 3 N–H and O–H groups in total. The van der Waals surface area contributed by atoms with E-state index in [9.17, 15) is 13.5 Å². The molecule has 1 aromatic heterocycles. The number of nitrogens with zero attached hydrogens (tertiary/aromatic N) is 1. The largest absolute Gasteiger partial charge is 0.508 e. The van der Waals surface area contributed by atoms with Crippen molar-refractivity contribution in [2.45, 2.75) is 11.3 Å². The molecule has 0 radical (unpaired) electrons. The van der Waals surface area contributed by atoms with Crippen LogP contribution in [0.3, 0.4) is 0 Å². The SMILES string of the molecule is NCCc1cn(S(=O)(=O)c2ccccc2)c2ccc(-c3ccc4cc(O)ccc4c3)cc12. The normalized spacial score (nSPS) is 11.9. The molecule has 32 heavy (non-hydrogen) atoms. The molecule has 0 aliphatic heterocycles. The predicted octanol–water partition coefficient (Wildman–Crippen LogP) is 4.91. The van der Waals surface area contributed by atoms with E-state index < -0.39 is 10.0 Å². The first-order chi connectivity index (χ1) is 15.5. The highest BCUT2D eigenvalue weighted by Gasteiger charge is 2.21. The van der Waals surface area contributed by atoms with Crippen LogP contribution in [-0.2, 0) is 16.4 Å². The Bertz CT molecular complexity index is 1550. The van der Waals surface area contributed by atoms with Crippen LogP contribution in [-0.4, -0.2) is 24.0 Å². The minimum Gasteiger partial charge on any atom is -0.508 e. The zero-order valence-electron chi connectivity index (χ0n) is 17.3. The first-order valence-electron chi connectivity index (χ1n) is 10.4. The van der Waals surface area contributed by atoms with Gasteiger partial charge in [-0.1, -0.05) is 42.5 Å². The molecule has 1 heterocycles. The second-order valence-electron chi connectivity index (χ2n) is 7.79. The average Bonchev–Trinajstić information content (AvgIpc) is 3.18. The fourth-order valence-electron chi connectivity index (χ4n) is 4.12. The lowest BCUT2D eigenvalue weighted by atomic mass is 9.99. The van der Waals surface area contributed by atoms with Gasteiger partial charge in [0.2, 0.25) is 0 Å². The van der Waals surface area contributed by atoms with Crippen molar-refractivity contribution in [3.63, 3.8) is 0 Å². The Kier molecular flexibility index (Phi) is 4.96. The molecule has 6 heteroatoms. The Morgan fingerprint density at radius 3 is 2.28 bits per heavy atom. The highest BCUT2D eigenvalue weighted by Crippen LogP contribution is 2.32. The fraction of sp³-hybridized carbons (Fsp3) is 0.0769. The van der Waals surface area contributed by atoms with Gasteiger partial charge in [0.1, 0.15) is 5.75 Å². The second-order valence-corrected chi connectivity index (χ2v) is 9.60. The van der Waals surface area contributed by atoms with E-state index in [2.05, 4.69) is 6.07 Å². The smallest absolute Gasteiger partial charge is 0.268 e. The van der Waals surface area contributed by atoms with Crippen LogP contribution >= 0.6 is 0 Å². The van der Waals surface area contributed by atoms with E-state index in [1.165, 1.54) is 3.97 Å². The maximum absolute atomic E-state index is 13.3. The van der Waals surface area contributed by atoms with Gasteiger partial charge in [-0.25, -0.2) is 12.4 Å². The summed E-state index contributed by atoms with van der Waals surface area (Å²) in [5.41, 5.74) is 9.36. The van der Waals surface area contributed by atoms with Crippen LogP contribution in [0.4, 0.5) is 0 Å². The van der Waals surface area contributed by atoms with Crippen LogP contribution in [0.15, 0.2) is 96.0 Å². The van der Waals surface area contributed by atoms with E-state index >= 15 is 0 Å². The van der Waals surface area contributed by atoms with Gasteiger partial charge in [-0.15, -0.1) is 0 Å². The van der Waals surface area contributed by atoms with Crippen LogP contribution in [0.5, 0.6) is 5.75 Å². The Morgan fingerprint density at radius 1 is 0.812 bits per heavy atom. The summed E-state index contributed by atoms with van der Waals surface area (Å²) in [7, 11) is -3.72. The first-order valence-corrected chi connectivity index (χ1v) is 11.8. The fourth-order valence-corrected chi connectivity index (χ4v) is 5.53. The van der Waals surface area contributed by atoms with Gasteiger partial charge in [0.05, 0.1) is 10.4 Å². The Balaban J connectivity index is 1.67. The van der Waals surface area contributed by atoms with E-state index in [4.69, 9.17) is 5.73 Å². The summed E-state index contributed by atoms with van der Waals surface area (Å²) in [6, 6.07) is 25.6. The highest BCUT2D eigenvalue weighted by atomic mass is 32.2. The van der Waals surface area contributed by atoms with E-state index in [0.717, 1.165) is 32.8 Å². The van der Waals surface area contributed by atoms with E-state index in [1.54, 1.807) is 48.7 Å². The monoisotopic (exact) mass is 442 g/mol. The minimum atomic E-state index is -3.72. The number of phenolic OH excluding ortho intramolecular Hbond substituents is 1. The zero-order valence-corrected chi connectivity index (χ0v) is 18.1. The zero-order chi connectivity index (χ0) is 22.3. The van der Waals surface area contributed by atoms with Crippen LogP contribution < -0.4 is 5.73 Å². The molecule has 0 saturated heterocycles. The predicted molar refractivity (Wildman–Crippen MR) is 128 cm³/mol. The number of rotatable bonds is 5. The van der Waals surface area contributed by atoms with Gasteiger partial charge in [0.25, 0.3) is 10.0 Å². The summed E-state index contributed by atoms with van der Waals surface area (Å²) < 4.78 is 28.0. The Hall–Kier alpha value is -3.61. The van der Waals surface area contributed by atoms with Gasteiger partial charge in [-0.3, -0.25) is 0 Å². The van der Waals surface area contributed by atoms with E-state index in [0.29, 0.717) is 18.5 Å².